The first-order valence-corrected chi connectivity index (χ1v) is 8.28. The third-order valence-corrected chi connectivity index (χ3v) is 4.62. The summed E-state index contributed by atoms with van der Waals surface area (Å²) in [5, 5.41) is 16.1. The summed E-state index contributed by atoms with van der Waals surface area (Å²) in [6, 6.07) is 5.65. The number of nitrogens with one attached hydrogen (secondary N) is 1. The quantitative estimate of drug-likeness (QED) is 0.747. The highest BCUT2D eigenvalue weighted by Crippen LogP contribution is 2.25. The lowest BCUT2D eigenvalue weighted by atomic mass is 9.99. The number of anilines is 2. The minimum Gasteiger partial charge on any atom is -0.355 e. The molecule has 10 heteroatoms. The highest BCUT2D eigenvalue weighted by Gasteiger charge is 2.34. The Morgan fingerprint density at radius 3 is 2.88 bits per heavy atom. The fourth-order valence-corrected chi connectivity index (χ4v) is 3.08. The average Bonchev–Trinajstić information content (AvgIpc) is 3.25. The molecule has 1 aliphatic heterocycles. The lowest BCUT2D eigenvalue weighted by molar-refractivity contribution is -0.120. The maximum atomic E-state index is 12.2. The minimum absolute atomic E-state index is 0.101. The zero-order valence-electron chi connectivity index (χ0n) is 12.9. The van der Waals surface area contributed by atoms with E-state index in [9.17, 15) is 4.79 Å². The molecule has 0 unspecified atom stereocenters. The van der Waals surface area contributed by atoms with E-state index >= 15 is 0 Å². The van der Waals surface area contributed by atoms with E-state index in [1.807, 2.05) is 29.3 Å². The van der Waals surface area contributed by atoms with E-state index in [2.05, 4.69) is 25.4 Å². The van der Waals surface area contributed by atoms with Gasteiger partial charge in [0.05, 0.1) is 12.1 Å². The third-order valence-electron chi connectivity index (χ3n) is 3.80. The first kappa shape index (κ1) is 15.2. The molecule has 4 heterocycles. The van der Waals surface area contributed by atoms with Crippen LogP contribution in [-0.2, 0) is 4.79 Å². The molecule has 0 aliphatic carbocycles. The summed E-state index contributed by atoms with van der Waals surface area (Å²) in [5.74, 6) is 1.19. The van der Waals surface area contributed by atoms with E-state index in [-0.39, 0.29) is 11.8 Å². The lowest BCUT2D eigenvalue weighted by Crippen LogP contribution is -2.52. The normalized spacial score (nSPS) is 14.0. The van der Waals surface area contributed by atoms with E-state index in [0.29, 0.717) is 28.9 Å². The van der Waals surface area contributed by atoms with Gasteiger partial charge in [0, 0.05) is 31.5 Å². The van der Waals surface area contributed by atoms with Gasteiger partial charge in [-0.15, -0.1) is 0 Å². The van der Waals surface area contributed by atoms with Crippen LogP contribution in [0.1, 0.15) is 4.88 Å². The van der Waals surface area contributed by atoms with Crippen molar-refractivity contribution in [3.63, 3.8) is 0 Å². The van der Waals surface area contributed by atoms with Crippen molar-refractivity contribution >= 4 is 28.2 Å². The van der Waals surface area contributed by atoms with Gasteiger partial charge in [-0.05, 0) is 6.07 Å². The van der Waals surface area contributed by atoms with E-state index < -0.39 is 0 Å². The number of hydrogen-bond donors (Lipinski definition) is 1. The van der Waals surface area contributed by atoms with E-state index in [4.69, 9.17) is 5.26 Å². The molecule has 9 nitrogen and oxygen atoms in total. The molecule has 0 aromatic carbocycles. The zero-order chi connectivity index (χ0) is 17.2. The third kappa shape index (κ3) is 3.05. The van der Waals surface area contributed by atoms with Crippen LogP contribution in [0, 0.1) is 17.2 Å². The van der Waals surface area contributed by atoms with Gasteiger partial charge in [0.2, 0.25) is 5.91 Å². The van der Waals surface area contributed by atoms with Crippen molar-refractivity contribution in [2.24, 2.45) is 5.92 Å². The molecule has 1 fully saturated rings. The van der Waals surface area contributed by atoms with Gasteiger partial charge in [-0.3, -0.25) is 4.79 Å². The van der Waals surface area contributed by atoms with Gasteiger partial charge in [0.15, 0.2) is 10.9 Å². The Hall–Kier alpha value is -3.32. The monoisotopic (exact) mass is 352 g/mol. The molecule has 0 atom stereocenters. The van der Waals surface area contributed by atoms with Gasteiger partial charge in [0.25, 0.3) is 0 Å². The van der Waals surface area contributed by atoms with Crippen LogP contribution in [-0.4, -0.2) is 43.7 Å². The molecule has 4 rings (SSSR count). The van der Waals surface area contributed by atoms with Crippen LogP contribution in [0.4, 0.5) is 10.9 Å². The van der Waals surface area contributed by atoms with Crippen molar-refractivity contribution in [3.8, 4) is 11.9 Å². The molecule has 1 saturated heterocycles. The van der Waals surface area contributed by atoms with Crippen molar-refractivity contribution in [1.82, 2.24) is 24.7 Å². The number of carbonyl (C=O) groups excluding carboxylic acids is 1. The van der Waals surface area contributed by atoms with Gasteiger partial charge >= 0.3 is 0 Å². The van der Waals surface area contributed by atoms with Crippen LogP contribution in [0.2, 0.25) is 0 Å². The molecular weight excluding hydrogens is 340 g/mol. The van der Waals surface area contributed by atoms with Gasteiger partial charge in [-0.2, -0.15) is 10.4 Å². The summed E-state index contributed by atoms with van der Waals surface area (Å²) in [7, 11) is 0. The number of rotatable bonds is 4. The van der Waals surface area contributed by atoms with Crippen LogP contribution in [0.5, 0.6) is 0 Å². The Bertz CT molecular complexity index is 939. The fraction of sp³-hybridized carbons (Fsp3) is 0.200. The summed E-state index contributed by atoms with van der Waals surface area (Å²) < 4.78 is 1.66. The lowest BCUT2D eigenvalue weighted by Gasteiger charge is -2.38. The first-order chi connectivity index (χ1) is 12.2. The van der Waals surface area contributed by atoms with E-state index in [0.717, 1.165) is 17.2 Å². The standard InChI is InChI=1S/C15H12N8OS/c16-5-11-6-17-15(25-11)21-14(24)10-7-22(8-10)12-4-13(19-9-18-12)23-3-1-2-20-23/h1-4,6,9-10H,7-8H2,(H,17,21,24). The van der Waals surface area contributed by atoms with Crippen LogP contribution in [0.15, 0.2) is 37.1 Å². The van der Waals surface area contributed by atoms with Gasteiger partial charge in [-0.25, -0.2) is 19.6 Å². The Labute approximate surface area is 146 Å². The Morgan fingerprint density at radius 1 is 1.32 bits per heavy atom. The molecule has 0 bridgehead atoms. The number of nitrogens with zero attached hydrogens (tertiary/aromatic N) is 7. The Kier molecular flexibility index (Phi) is 3.83. The molecular formula is C15H12N8OS. The average molecular weight is 352 g/mol. The summed E-state index contributed by atoms with van der Waals surface area (Å²) in [6.07, 6.45) is 6.42. The van der Waals surface area contributed by atoms with Crippen LogP contribution in [0.3, 0.4) is 0 Å². The second-order valence-corrected chi connectivity index (χ2v) is 6.45. The molecule has 0 radical (unpaired) electrons. The molecule has 0 saturated carbocycles. The molecule has 124 valence electrons. The second kappa shape index (κ2) is 6.29. The van der Waals surface area contributed by atoms with E-state index in [1.165, 1.54) is 12.5 Å². The number of amides is 1. The molecule has 1 amide bonds. The highest BCUT2D eigenvalue weighted by molar-refractivity contribution is 7.16. The van der Waals surface area contributed by atoms with Crippen molar-refractivity contribution in [3.05, 3.63) is 41.9 Å². The number of thiazole rings is 1. The van der Waals surface area contributed by atoms with E-state index in [1.54, 1.807) is 10.9 Å². The first-order valence-electron chi connectivity index (χ1n) is 7.47. The predicted molar refractivity (Wildman–Crippen MR) is 90.3 cm³/mol. The van der Waals surface area contributed by atoms with Gasteiger partial charge in [-0.1, -0.05) is 11.3 Å². The van der Waals surface area contributed by atoms with Crippen LogP contribution >= 0.6 is 11.3 Å². The fourth-order valence-electron chi connectivity index (χ4n) is 2.46. The summed E-state index contributed by atoms with van der Waals surface area (Å²) >= 11 is 1.16. The highest BCUT2D eigenvalue weighted by atomic mass is 32.1. The van der Waals surface area contributed by atoms with Gasteiger partial charge < -0.3 is 10.2 Å². The molecule has 3 aromatic rings. The number of carbonyl (C=O) groups is 1. The Morgan fingerprint density at radius 2 is 2.16 bits per heavy atom. The van der Waals surface area contributed by atoms with Crippen molar-refractivity contribution < 1.29 is 4.79 Å². The maximum Gasteiger partial charge on any atom is 0.232 e. The number of nitriles is 1. The Balaban J connectivity index is 1.38. The second-order valence-electron chi connectivity index (χ2n) is 5.42. The summed E-state index contributed by atoms with van der Waals surface area (Å²) in [6.45, 7) is 1.13. The summed E-state index contributed by atoms with van der Waals surface area (Å²) in [4.78, 5) is 27.2. The maximum absolute atomic E-state index is 12.2. The molecule has 1 aliphatic rings. The molecule has 3 aromatic heterocycles. The molecule has 1 N–H and O–H groups in total. The van der Waals surface area contributed by atoms with Crippen molar-refractivity contribution in [2.45, 2.75) is 0 Å². The number of hydrogen-bond acceptors (Lipinski definition) is 8. The minimum atomic E-state index is -0.141. The van der Waals surface area contributed by atoms with Crippen molar-refractivity contribution in [2.75, 3.05) is 23.3 Å². The zero-order valence-corrected chi connectivity index (χ0v) is 13.7. The topological polar surface area (TPSA) is 113 Å². The molecule has 25 heavy (non-hydrogen) atoms. The smallest absolute Gasteiger partial charge is 0.232 e. The van der Waals surface area contributed by atoms with Crippen LogP contribution in [0.25, 0.3) is 5.82 Å². The molecule has 0 spiro atoms. The number of aromatic nitrogens is 5. The van der Waals surface area contributed by atoms with Gasteiger partial charge in [0.1, 0.15) is 23.1 Å². The summed E-state index contributed by atoms with van der Waals surface area (Å²) in [5.41, 5.74) is 0. The largest absolute Gasteiger partial charge is 0.355 e. The SMILES string of the molecule is N#Cc1cnc(NC(=O)C2CN(c3cc(-n4cccn4)ncn3)C2)s1. The predicted octanol–water partition coefficient (Wildman–Crippen LogP) is 1.07. The van der Waals surface area contributed by atoms with Crippen molar-refractivity contribution in [1.29, 1.82) is 5.26 Å². The van der Waals surface area contributed by atoms with Crippen LogP contribution < -0.4 is 10.2 Å².